The van der Waals surface area contributed by atoms with Gasteiger partial charge in [0.2, 0.25) is 0 Å². The lowest BCUT2D eigenvalue weighted by molar-refractivity contribution is 0.325. The molecule has 90 valence electrons. The number of hydrogen-bond acceptors (Lipinski definition) is 3. The molecule has 0 radical (unpaired) electrons. The molecule has 1 N–H and O–H groups in total. The summed E-state index contributed by atoms with van der Waals surface area (Å²) in [4.78, 5) is 0. The highest BCUT2D eigenvalue weighted by Gasteiger charge is 2.32. The molecule has 0 aromatic heterocycles. The van der Waals surface area contributed by atoms with Crippen LogP contribution in [0.5, 0.6) is 0 Å². The minimum atomic E-state index is -2.71. The first-order valence-corrected chi connectivity index (χ1v) is 7.76. The first kappa shape index (κ1) is 13.0. The predicted molar refractivity (Wildman–Crippen MR) is 63.7 cm³/mol. The molecule has 15 heavy (non-hydrogen) atoms. The van der Waals surface area contributed by atoms with Gasteiger partial charge in [-0.05, 0) is 38.3 Å². The molecule has 0 saturated carbocycles. The maximum absolute atomic E-state index is 11.4. The second kappa shape index (κ2) is 5.85. The van der Waals surface area contributed by atoms with Crippen LogP contribution in [0.3, 0.4) is 0 Å². The van der Waals surface area contributed by atoms with Gasteiger partial charge in [-0.15, -0.1) is 0 Å². The molecule has 0 aliphatic carbocycles. The Morgan fingerprint density at radius 1 is 1.47 bits per heavy atom. The van der Waals surface area contributed by atoms with Crippen molar-refractivity contribution < 1.29 is 8.42 Å². The van der Waals surface area contributed by atoms with Crippen molar-refractivity contribution in [2.45, 2.75) is 32.6 Å². The van der Waals surface area contributed by atoms with Gasteiger partial charge < -0.3 is 5.32 Å². The molecule has 0 aromatic carbocycles. The van der Waals surface area contributed by atoms with Crippen molar-refractivity contribution in [3.63, 3.8) is 0 Å². The lowest BCUT2D eigenvalue weighted by atomic mass is 9.87. The molecule has 1 rings (SSSR count). The molecule has 4 heteroatoms. The zero-order valence-corrected chi connectivity index (χ0v) is 10.6. The second-order valence-corrected chi connectivity index (χ2v) is 6.85. The van der Waals surface area contributed by atoms with Gasteiger partial charge in [0.1, 0.15) is 0 Å². The average molecular weight is 233 g/mol. The summed E-state index contributed by atoms with van der Waals surface area (Å²) in [6.45, 7) is 3.14. The summed E-state index contributed by atoms with van der Waals surface area (Å²) in [5.41, 5.74) is 0. The van der Waals surface area contributed by atoms with Crippen LogP contribution in [0.25, 0.3) is 0 Å². The van der Waals surface area contributed by atoms with Crippen LogP contribution < -0.4 is 5.32 Å². The maximum Gasteiger partial charge on any atom is 0.150 e. The van der Waals surface area contributed by atoms with Gasteiger partial charge in [-0.3, -0.25) is 0 Å². The average Bonchev–Trinajstić information content (AvgIpc) is 2.53. The standard InChI is InChI=1S/C11H23NO2S/c1-3-4-5-10(8-12-2)11-6-7-15(13,14)9-11/h10-12H,3-9H2,1-2H3. The van der Waals surface area contributed by atoms with Crippen LogP contribution in [0.15, 0.2) is 0 Å². The van der Waals surface area contributed by atoms with E-state index in [9.17, 15) is 8.42 Å². The molecule has 1 fully saturated rings. The Balaban J connectivity index is 2.49. The summed E-state index contributed by atoms with van der Waals surface area (Å²) in [6.07, 6.45) is 4.44. The van der Waals surface area contributed by atoms with Gasteiger partial charge in [-0.2, -0.15) is 0 Å². The molecule has 0 aromatic rings. The second-order valence-electron chi connectivity index (χ2n) is 4.62. The number of hydrogen-bond donors (Lipinski definition) is 1. The fourth-order valence-electron chi connectivity index (χ4n) is 2.43. The van der Waals surface area contributed by atoms with Crippen LogP contribution in [-0.4, -0.2) is 33.5 Å². The topological polar surface area (TPSA) is 46.2 Å². The number of unbranched alkanes of at least 4 members (excludes halogenated alkanes) is 1. The normalized spacial score (nSPS) is 26.7. The summed E-state index contributed by atoms with van der Waals surface area (Å²) >= 11 is 0. The van der Waals surface area contributed by atoms with E-state index in [4.69, 9.17) is 0 Å². The van der Waals surface area contributed by atoms with E-state index >= 15 is 0 Å². The van der Waals surface area contributed by atoms with Crippen molar-refractivity contribution in [3.8, 4) is 0 Å². The molecular formula is C11H23NO2S. The fraction of sp³-hybridized carbons (Fsp3) is 1.00. The molecule has 0 amide bonds. The summed E-state index contributed by atoms with van der Waals surface area (Å²) in [6, 6.07) is 0. The zero-order chi connectivity index (χ0) is 11.3. The van der Waals surface area contributed by atoms with E-state index in [1.807, 2.05) is 7.05 Å². The largest absolute Gasteiger partial charge is 0.319 e. The first-order chi connectivity index (χ1) is 7.09. The monoisotopic (exact) mass is 233 g/mol. The summed E-state index contributed by atoms with van der Waals surface area (Å²) in [5, 5.41) is 3.19. The van der Waals surface area contributed by atoms with E-state index in [0.717, 1.165) is 19.4 Å². The van der Waals surface area contributed by atoms with E-state index in [-0.39, 0.29) is 0 Å². The quantitative estimate of drug-likeness (QED) is 0.755. The third kappa shape index (κ3) is 4.11. The van der Waals surface area contributed by atoms with Crippen molar-refractivity contribution in [1.29, 1.82) is 0 Å². The van der Waals surface area contributed by atoms with Crippen molar-refractivity contribution in [2.24, 2.45) is 11.8 Å². The Labute approximate surface area is 93.6 Å². The Hall–Kier alpha value is -0.0900. The molecule has 2 atom stereocenters. The lowest BCUT2D eigenvalue weighted by Gasteiger charge is -2.21. The van der Waals surface area contributed by atoms with Gasteiger partial charge in [0.05, 0.1) is 11.5 Å². The molecule has 3 nitrogen and oxygen atoms in total. The molecule has 0 bridgehead atoms. The molecule has 1 aliphatic rings. The van der Waals surface area contributed by atoms with Crippen molar-refractivity contribution in [3.05, 3.63) is 0 Å². The third-order valence-electron chi connectivity index (χ3n) is 3.33. The zero-order valence-electron chi connectivity index (χ0n) is 9.83. The Bertz CT molecular complexity index is 274. The van der Waals surface area contributed by atoms with Crippen LogP contribution in [-0.2, 0) is 9.84 Å². The lowest BCUT2D eigenvalue weighted by Crippen LogP contribution is -2.26. The van der Waals surface area contributed by atoms with Crippen LogP contribution in [0.4, 0.5) is 0 Å². The summed E-state index contributed by atoms with van der Waals surface area (Å²) < 4.78 is 22.8. The summed E-state index contributed by atoms with van der Waals surface area (Å²) in [7, 11) is -0.765. The Morgan fingerprint density at radius 3 is 2.67 bits per heavy atom. The van der Waals surface area contributed by atoms with Gasteiger partial charge in [-0.1, -0.05) is 19.8 Å². The smallest absolute Gasteiger partial charge is 0.150 e. The first-order valence-electron chi connectivity index (χ1n) is 5.94. The van der Waals surface area contributed by atoms with Crippen LogP contribution in [0.1, 0.15) is 32.6 Å². The highest BCUT2D eigenvalue weighted by atomic mass is 32.2. The van der Waals surface area contributed by atoms with Crippen LogP contribution >= 0.6 is 0 Å². The SMILES string of the molecule is CCCCC(CNC)C1CCS(=O)(=O)C1. The molecule has 1 heterocycles. The Kier molecular flexibility index (Phi) is 5.06. The third-order valence-corrected chi connectivity index (χ3v) is 5.12. The minimum absolute atomic E-state index is 0.397. The van der Waals surface area contributed by atoms with Gasteiger partial charge in [0.25, 0.3) is 0 Å². The van der Waals surface area contributed by atoms with Gasteiger partial charge in [0.15, 0.2) is 9.84 Å². The highest BCUT2D eigenvalue weighted by Crippen LogP contribution is 2.28. The highest BCUT2D eigenvalue weighted by molar-refractivity contribution is 7.91. The van der Waals surface area contributed by atoms with Crippen molar-refractivity contribution in [2.75, 3.05) is 25.1 Å². The minimum Gasteiger partial charge on any atom is -0.319 e. The van der Waals surface area contributed by atoms with Crippen molar-refractivity contribution >= 4 is 9.84 Å². The molecule has 1 saturated heterocycles. The van der Waals surface area contributed by atoms with Crippen LogP contribution in [0.2, 0.25) is 0 Å². The van der Waals surface area contributed by atoms with E-state index < -0.39 is 9.84 Å². The van der Waals surface area contributed by atoms with Crippen LogP contribution in [0, 0.1) is 11.8 Å². The van der Waals surface area contributed by atoms with Gasteiger partial charge in [0, 0.05) is 0 Å². The van der Waals surface area contributed by atoms with E-state index in [1.54, 1.807) is 0 Å². The number of nitrogens with one attached hydrogen (secondary N) is 1. The maximum atomic E-state index is 11.4. The van der Waals surface area contributed by atoms with Crippen molar-refractivity contribution in [1.82, 2.24) is 5.32 Å². The van der Waals surface area contributed by atoms with E-state index in [2.05, 4.69) is 12.2 Å². The Morgan fingerprint density at radius 2 is 2.20 bits per heavy atom. The van der Waals surface area contributed by atoms with E-state index in [1.165, 1.54) is 12.8 Å². The number of sulfone groups is 1. The summed E-state index contributed by atoms with van der Waals surface area (Å²) in [5.74, 6) is 1.77. The van der Waals surface area contributed by atoms with E-state index in [0.29, 0.717) is 23.3 Å². The predicted octanol–water partition coefficient (Wildman–Crippen LogP) is 1.45. The molecule has 1 aliphatic heterocycles. The van der Waals surface area contributed by atoms with Gasteiger partial charge in [-0.25, -0.2) is 8.42 Å². The molecule has 0 spiro atoms. The fourth-order valence-corrected chi connectivity index (χ4v) is 4.35. The number of rotatable bonds is 6. The van der Waals surface area contributed by atoms with Gasteiger partial charge >= 0.3 is 0 Å². The molecular weight excluding hydrogens is 210 g/mol. The molecule has 2 unspecified atom stereocenters.